The summed E-state index contributed by atoms with van der Waals surface area (Å²) in [6, 6.07) is 12.5. The molecule has 4 heteroatoms. The molecule has 2 heterocycles. The molecule has 1 saturated heterocycles. The number of hydrogen-bond acceptors (Lipinski definition) is 3. The Hall–Kier alpha value is -1.81. The second-order valence-corrected chi connectivity index (χ2v) is 5.04. The van der Waals surface area contributed by atoms with E-state index in [1.54, 1.807) is 0 Å². The van der Waals surface area contributed by atoms with Crippen LogP contribution in [0, 0.1) is 5.92 Å². The topological polar surface area (TPSA) is 39.1 Å². The van der Waals surface area contributed by atoms with Crippen molar-refractivity contribution in [3.8, 4) is 5.69 Å². The van der Waals surface area contributed by atoms with E-state index in [0.29, 0.717) is 12.0 Å². The Morgan fingerprint density at radius 3 is 2.89 bits per heavy atom. The molecule has 1 aliphatic rings. The highest BCUT2D eigenvalue weighted by Crippen LogP contribution is 2.20. The first-order chi connectivity index (χ1) is 9.33. The number of para-hydroxylation sites is 1. The van der Waals surface area contributed by atoms with Crippen LogP contribution in [0.2, 0.25) is 0 Å². The summed E-state index contributed by atoms with van der Waals surface area (Å²) in [5, 5.41) is 8.02. The molecule has 2 unspecified atom stereocenters. The number of hydrogen-bond donors (Lipinski definition) is 1. The Balaban J connectivity index is 1.68. The Kier molecular flexibility index (Phi) is 3.51. The van der Waals surface area contributed by atoms with Crippen molar-refractivity contribution in [3.05, 3.63) is 42.6 Å². The summed E-state index contributed by atoms with van der Waals surface area (Å²) in [4.78, 5) is 0. The number of rotatable bonds is 4. The van der Waals surface area contributed by atoms with Crippen molar-refractivity contribution in [2.45, 2.75) is 19.4 Å². The molecule has 3 rings (SSSR count). The third-order valence-electron chi connectivity index (χ3n) is 3.66. The Labute approximate surface area is 113 Å². The number of ether oxygens (including phenoxy) is 1. The van der Waals surface area contributed by atoms with Gasteiger partial charge in [-0.05, 0) is 25.5 Å². The van der Waals surface area contributed by atoms with E-state index in [1.807, 2.05) is 47.3 Å². The van der Waals surface area contributed by atoms with Crippen LogP contribution in [0.1, 0.15) is 13.3 Å². The van der Waals surface area contributed by atoms with Crippen molar-refractivity contribution in [3.63, 3.8) is 0 Å². The van der Waals surface area contributed by atoms with Crippen molar-refractivity contribution in [1.29, 1.82) is 0 Å². The fourth-order valence-electron chi connectivity index (χ4n) is 2.42. The van der Waals surface area contributed by atoms with Crippen molar-refractivity contribution in [2.24, 2.45) is 5.92 Å². The summed E-state index contributed by atoms with van der Waals surface area (Å²) in [5.41, 5.74) is 1.08. The number of anilines is 1. The normalized spacial score (nSPS) is 20.4. The highest BCUT2D eigenvalue weighted by molar-refractivity contribution is 5.38. The smallest absolute Gasteiger partial charge is 0.148 e. The van der Waals surface area contributed by atoms with E-state index >= 15 is 0 Å². The lowest BCUT2D eigenvalue weighted by Gasteiger charge is -2.18. The molecule has 4 nitrogen and oxygen atoms in total. The molecule has 0 aliphatic carbocycles. The van der Waals surface area contributed by atoms with Gasteiger partial charge in [0, 0.05) is 30.8 Å². The van der Waals surface area contributed by atoms with Crippen LogP contribution in [0.3, 0.4) is 0 Å². The molecule has 2 atom stereocenters. The maximum Gasteiger partial charge on any atom is 0.148 e. The summed E-state index contributed by atoms with van der Waals surface area (Å²) < 4.78 is 7.31. The second-order valence-electron chi connectivity index (χ2n) is 5.04. The average molecular weight is 257 g/mol. The van der Waals surface area contributed by atoms with Gasteiger partial charge in [-0.15, -0.1) is 0 Å². The number of aromatic nitrogens is 2. The van der Waals surface area contributed by atoms with Crippen LogP contribution in [-0.2, 0) is 4.74 Å². The highest BCUT2D eigenvalue weighted by atomic mass is 16.5. The van der Waals surface area contributed by atoms with Gasteiger partial charge in [-0.3, -0.25) is 0 Å². The van der Waals surface area contributed by atoms with Gasteiger partial charge in [0.1, 0.15) is 5.82 Å². The number of benzene rings is 1. The van der Waals surface area contributed by atoms with Crippen LogP contribution in [0.5, 0.6) is 0 Å². The Bertz CT molecular complexity index is 517. The van der Waals surface area contributed by atoms with E-state index in [4.69, 9.17) is 4.74 Å². The predicted octanol–water partition coefficient (Wildman–Crippen LogP) is 2.71. The molecule has 1 aromatic heterocycles. The number of nitrogens with zero attached hydrogens (tertiary/aromatic N) is 2. The van der Waals surface area contributed by atoms with E-state index in [0.717, 1.165) is 31.1 Å². The van der Waals surface area contributed by atoms with Crippen molar-refractivity contribution in [2.75, 3.05) is 18.5 Å². The molecule has 1 aromatic carbocycles. The molecule has 0 radical (unpaired) electrons. The molecular weight excluding hydrogens is 238 g/mol. The molecule has 0 spiro atoms. The summed E-state index contributed by atoms with van der Waals surface area (Å²) in [7, 11) is 0. The third kappa shape index (κ3) is 2.79. The van der Waals surface area contributed by atoms with E-state index in [1.165, 1.54) is 0 Å². The lowest BCUT2D eigenvalue weighted by molar-refractivity contribution is 0.183. The first kappa shape index (κ1) is 12.2. The molecule has 100 valence electrons. The first-order valence-corrected chi connectivity index (χ1v) is 6.78. The van der Waals surface area contributed by atoms with Gasteiger partial charge >= 0.3 is 0 Å². The fourth-order valence-corrected chi connectivity index (χ4v) is 2.42. The van der Waals surface area contributed by atoms with Crippen LogP contribution in [0.15, 0.2) is 42.6 Å². The molecule has 0 amide bonds. The van der Waals surface area contributed by atoms with Crippen LogP contribution >= 0.6 is 0 Å². The van der Waals surface area contributed by atoms with E-state index in [-0.39, 0.29) is 0 Å². The number of nitrogens with one attached hydrogen (secondary N) is 1. The zero-order valence-electron chi connectivity index (χ0n) is 11.1. The van der Waals surface area contributed by atoms with Gasteiger partial charge in [0.25, 0.3) is 0 Å². The van der Waals surface area contributed by atoms with E-state index < -0.39 is 0 Å². The van der Waals surface area contributed by atoms with Crippen molar-refractivity contribution >= 4 is 5.82 Å². The SMILES string of the molecule is CC(Nc1ccn(-c2ccccc2)n1)C1CCOC1. The van der Waals surface area contributed by atoms with Gasteiger partial charge in [0.2, 0.25) is 0 Å². The minimum Gasteiger partial charge on any atom is -0.381 e. The fraction of sp³-hybridized carbons (Fsp3) is 0.400. The van der Waals surface area contributed by atoms with Crippen molar-refractivity contribution in [1.82, 2.24) is 9.78 Å². The lowest BCUT2D eigenvalue weighted by Crippen LogP contribution is -2.26. The van der Waals surface area contributed by atoms with E-state index in [2.05, 4.69) is 17.3 Å². The maximum atomic E-state index is 5.42. The zero-order valence-corrected chi connectivity index (χ0v) is 11.1. The third-order valence-corrected chi connectivity index (χ3v) is 3.66. The maximum absolute atomic E-state index is 5.42. The lowest BCUT2D eigenvalue weighted by atomic mass is 10.0. The molecular formula is C15H19N3O. The molecule has 0 saturated carbocycles. The average Bonchev–Trinajstić information content (AvgIpc) is 3.11. The molecule has 2 aromatic rings. The van der Waals surface area contributed by atoms with Crippen LogP contribution in [0.25, 0.3) is 5.69 Å². The highest BCUT2D eigenvalue weighted by Gasteiger charge is 2.22. The molecule has 0 bridgehead atoms. The van der Waals surface area contributed by atoms with Gasteiger partial charge in [-0.25, -0.2) is 4.68 Å². The minimum absolute atomic E-state index is 0.390. The standard InChI is InChI=1S/C15H19N3O/c1-12(13-8-10-19-11-13)16-15-7-9-18(17-15)14-5-3-2-4-6-14/h2-7,9,12-13H,8,10-11H2,1H3,(H,16,17). The van der Waals surface area contributed by atoms with Crippen LogP contribution in [0.4, 0.5) is 5.82 Å². The van der Waals surface area contributed by atoms with E-state index in [9.17, 15) is 0 Å². The predicted molar refractivity (Wildman–Crippen MR) is 75.6 cm³/mol. The molecule has 1 aliphatic heterocycles. The quantitative estimate of drug-likeness (QED) is 0.915. The molecule has 1 fully saturated rings. The summed E-state index contributed by atoms with van der Waals surface area (Å²) >= 11 is 0. The van der Waals surface area contributed by atoms with Gasteiger partial charge < -0.3 is 10.1 Å². The van der Waals surface area contributed by atoms with Crippen LogP contribution in [-0.4, -0.2) is 29.0 Å². The Morgan fingerprint density at radius 1 is 1.32 bits per heavy atom. The largest absolute Gasteiger partial charge is 0.381 e. The van der Waals surface area contributed by atoms with Crippen molar-refractivity contribution < 1.29 is 4.74 Å². The summed E-state index contributed by atoms with van der Waals surface area (Å²) in [6.07, 6.45) is 3.11. The Morgan fingerprint density at radius 2 is 2.16 bits per heavy atom. The van der Waals surface area contributed by atoms with Gasteiger partial charge in [-0.1, -0.05) is 18.2 Å². The summed E-state index contributed by atoms with van der Waals surface area (Å²) in [5.74, 6) is 1.50. The molecule has 1 N–H and O–H groups in total. The summed E-state index contributed by atoms with van der Waals surface area (Å²) in [6.45, 7) is 3.93. The molecule has 19 heavy (non-hydrogen) atoms. The first-order valence-electron chi connectivity index (χ1n) is 6.78. The van der Waals surface area contributed by atoms with Gasteiger partial charge in [0.15, 0.2) is 0 Å². The van der Waals surface area contributed by atoms with Crippen LogP contribution < -0.4 is 5.32 Å². The minimum atomic E-state index is 0.390. The zero-order chi connectivity index (χ0) is 13.1. The van der Waals surface area contributed by atoms with Gasteiger partial charge in [0.05, 0.1) is 12.3 Å². The second kappa shape index (κ2) is 5.45. The van der Waals surface area contributed by atoms with Gasteiger partial charge in [-0.2, -0.15) is 5.10 Å². The monoisotopic (exact) mass is 257 g/mol.